The van der Waals surface area contributed by atoms with Crippen LogP contribution in [0.25, 0.3) is 22.8 Å². The number of aromatic nitrogens is 6. The van der Waals surface area contributed by atoms with E-state index in [0.717, 1.165) is 0 Å². The van der Waals surface area contributed by atoms with Gasteiger partial charge in [-0.1, -0.05) is 11.6 Å². The Morgan fingerprint density at radius 1 is 1.10 bits per heavy atom. The molecule has 0 saturated carbocycles. The summed E-state index contributed by atoms with van der Waals surface area (Å²) in [6, 6.07) is 6.05. The Hall–Kier alpha value is -1.41. The summed E-state index contributed by atoms with van der Waals surface area (Å²) >= 11 is 5.74. The molecule has 0 amide bonds. The Morgan fingerprint density at radius 2 is 1.90 bits per heavy atom. The quantitative estimate of drug-likeness (QED) is 0.729. The van der Waals surface area contributed by atoms with E-state index in [9.17, 15) is 4.39 Å². The molecule has 0 bridgehead atoms. The molecule has 0 aliphatic carbocycles. The maximum absolute atomic E-state index is 13.1. The van der Waals surface area contributed by atoms with Gasteiger partial charge < -0.3 is 0 Å². The largest absolute Gasteiger partial charge is 0.236 e. The van der Waals surface area contributed by atoms with E-state index in [1.54, 1.807) is 12.1 Å². The first-order valence-electron chi connectivity index (χ1n) is 5.25. The predicted molar refractivity (Wildman–Crippen MR) is 71.4 cm³/mol. The first kappa shape index (κ1) is 15.0. The van der Waals surface area contributed by atoms with E-state index >= 15 is 0 Å². The zero-order valence-corrected chi connectivity index (χ0v) is 13.1. The summed E-state index contributed by atoms with van der Waals surface area (Å²) in [7, 11) is 0. The maximum Gasteiger partial charge on any atom is 0.223 e. The minimum absolute atomic E-state index is 0. The number of halogens is 2. The van der Waals surface area contributed by atoms with Crippen molar-refractivity contribution in [3.8, 4) is 22.8 Å². The fourth-order valence-electron chi connectivity index (χ4n) is 1.56. The molecule has 20 heavy (non-hydrogen) atoms. The minimum atomic E-state index is -0.474. The molecular formula is C11H6ClFN6Na. The molecule has 2 aromatic heterocycles. The summed E-state index contributed by atoms with van der Waals surface area (Å²) in [5, 5.41) is 13.5. The Bertz CT molecular complexity index is 721. The Kier molecular flexibility index (Phi) is 4.77. The van der Waals surface area contributed by atoms with Crippen LogP contribution in [0.1, 0.15) is 0 Å². The molecule has 0 fully saturated rings. The van der Waals surface area contributed by atoms with Gasteiger partial charge in [-0.2, -0.15) is 5.21 Å². The van der Waals surface area contributed by atoms with Crippen LogP contribution in [-0.4, -0.2) is 60.1 Å². The van der Waals surface area contributed by atoms with Gasteiger partial charge in [0, 0.05) is 35.1 Å². The molecule has 6 nitrogen and oxygen atoms in total. The van der Waals surface area contributed by atoms with Crippen molar-refractivity contribution >= 4 is 41.2 Å². The van der Waals surface area contributed by atoms with Gasteiger partial charge in [-0.25, -0.2) is 14.4 Å². The number of rotatable bonds is 2. The zero-order chi connectivity index (χ0) is 13.2. The fraction of sp³-hybridized carbons (Fsp3) is 0. The summed E-state index contributed by atoms with van der Waals surface area (Å²) in [5.74, 6) is -0.116. The van der Waals surface area contributed by atoms with Gasteiger partial charge in [0.1, 0.15) is 17.8 Å². The van der Waals surface area contributed by atoms with Crippen molar-refractivity contribution < 1.29 is 4.39 Å². The van der Waals surface area contributed by atoms with Crippen molar-refractivity contribution in [1.29, 1.82) is 0 Å². The molecule has 2 heterocycles. The van der Waals surface area contributed by atoms with Crippen LogP contribution < -0.4 is 0 Å². The van der Waals surface area contributed by atoms with Crippen LogP contribution >= 0.6 is 11.6 Å². The third-order valence-electron chi connectivity index (χ3n) is 2.46. The topological polar surface area (TPSA) is 80.2 Å². The van der Waals surface area contributed by atoms with Crippen LogP contribution in [0.15, 0.2) is 30.6 Å². The van der Waals surface area contributed by atoms with Gasteiger partial charge in [0.05, 0.1) is 10.7 Å². The predicted octanol–water partition coefficient (Wildman–Crippen LogP) is 1.74. The molecular weight excluding hydrogens is 294 g/mol. The molecule has 1 N–H and O–H groups in total. The first-order chi connectivity index (χ1) is 9.24. The number of hydrogen-bond donors (Lipinski definition) is 1. The molecule has 0 spiro atoms. The summed E-state index contributed by atoms with van der Waals surface area (Å²) < 4.78 is 13.1. The van der Waals surface area contributed by atoms with Crippen molar-refractivity contribution in [2.24, 2.45) is 0 Å². The second-order valence-corrected chi connectivity index (χ2v) is 4.06. The summed E-state index contributed by atoms with van der Waals surface area (Å²) in [6.45, 7) is 0. The first-order valence-corrected chi connectivity index (χ1v) is 5.63. The summed E-state index contributed by atoms with van der Waals surface area (Å²) in [4.78, 5) is 8.16. The average Bonchev–Trinajstić information content (AvgIpc) is 2.96. The van der Waals surface area contributed by atoms with Crippen LogP contribution in [0.2, 0.25) is 5.02 Å². The fourth-order valence-corrected chi connectivity index (χ4v) is 1.74. The second kappa shape index (κ2) is 6.36. The van der Waals surface area contributed by atoms with Crippen molar-refractivity contribution in [2.75, 3.05) is 0 Å². The third-order valence-corrected chi connectivity index (χ3v) is 2.75. The minimum Gasteiger partial charge on any atom is -0.236 e. The van der Waals surface area contributed by atoms with Gasteiger partial charge in [-0.05, 0) is 29.5 Å². The Morgan fingerprint density at radius 3 is 2.60 bits per heavy atom. The van der Waals surface area contributed by atoms with E-state index < -0.39 is 5.82 Å². The Balaban J connectivity index is 0.00000147. The van der Waals surface area contributed by atoms with Crippen LogP contribution in [-0.2, 0) is 0 Å². The van der Waals surface area contributed by atoms with Gasteiger partial charge in [-0.3, -0.25) is 0 Å². The number of benzene rings is 1. The molecule has 95 valence electrons. The summed E-state index contributed by atoms with van der Waals surface area (Å²) in [6.07, 6.45) is 1.37. The standard InChI is InChI=1S/C11H6ClFN6.Na/c12-7-3-6(1-2-8(7)13)9-4-10(15-5-14-9)11-16-18-19-17-11;/h1-5H,(H,16,17,18,19);. The molecule has 9 heteroatoms. The molecule has 3 aromatic rings. The number of H-pyrrole nitrogens is 1. The molecule has 1 radical (unpaired) electrons. The van der Waals surface area contributed by atoms with Gasteiger partial charge >= 0.3 is 0 Å². The number of nitrogens with one attached hydrogen (secondary N) is 1. The van der Waals surface area contributed by atoms with Crippen molar-refractivity contribution in [1.82, 2.24) is 30.6 Å². The third kappa shape index (κ3) is 3.01. The normalized spacial score (nSPS) is 10.1. The SMILES string of the molecule is Fc1ccc(-c2cc(-c3nn[nH]n3)ncn2)cc1Cl.[Na]. The molecule has 0 aliphatic rings. The Labute approximate surface area is 140 Å². The molecule has 1 aromatic carbocycles. The van der Waals surface area contributed by atoms with Crippen LogP contribution in [0.3, 0.4) is 0 Å². The van der Waals surface area contributed by atoms with E-state index in [0.29, 0.717) is 22.8 Å². The second-order valence-electron chi connectivity index (χ2n) is 3.65. The van der Waals surface area contributed by atoms with Gasteiger partial charge in [0.2, 0.25) is 5.82 Å². The van der Waals surface area contributed by atoms with E-state index in [-0.39, 0.29) is 34.6 Å². The monoisotopic (exact) mass is 299 g/mol. The van der Waals surface area contributed by atoms with E-state index in [4.69, 9.17) is 11.6 Å². The number of nitrogens with zero attached hydrogens (tertiary/aromatic N) is 5. The van der Waals surface area contributed by atoms with E-state index in [2.05, 4.69) is 30.6 Å². The number of tetrazole rings is 1. The van der Waals surface area contributed by atoms with Crippen molar-refractivity contribution in [3.05, 3.63) is 41.4 Å². The van der Waals surface area contributed by atoms with Crippen LogP contribution in [0.4, 0.5) is 4.39 Å². The van der Waals surface area contributed by atoms with Crippen LogP contribution in [0, 0.1) is 5.82 Å². The van der Waals surface area contributed by atoms with Crippen molar-refractivity contribution in [2.45, 2.75) is 0 Å². The molecule has 3 rings (SSSR count). The smallest absolute Gasteiger partial charge is 0.223 e. The van der Waals surface area contributed by atoms with E-state index in [1.165, 1.54) is 18.5 Å². The van der Waals surface area contributed by atoms with Crippen molar-refractivity contribution in [3.63, 3.8) is 0 Å². The summed E-state index contributed by atoms with van der Waals surface area (Å²) in [5.41, 5.74) is 1.79. The molecule has 0 aliphatic heterocycles. The average molecular weight is 300 g/mol. The number of aromatic amines is 1. The molecule has 0 unspecified atom stereocenters. The number of hydrogen-bond acceptors (Lipinski definition) is 5. The van der Waals surface area contributed by atoms with Crippen LogP contribution in [0.5, 0.6) is 0 Å². The van der Waals surface area contributed by atoms with Gasteiger partial charge in [-0.15, -0.1) is 10.2 Å². The van der Waals surface area contributed by atoms with Gasteiger partial charge in [0.25, 0.3) is 0 Å². The maximum atomic E-state index is 13.1. The zero-order valence-electron chi connectivity index (χ0n) is 10.4. The van der Waals surface area contributed by atoms with E-state index in [1.807, 2.05) is 0 Å². The molecule has 0 atom stereocenters. The van der Waals surface area contributed by atoms with Gasteiger partial charge in [0.15, 0.2) is 0 Å². The molecule has 0 saturated heterocycles.